The summed E-state index contributed by atoms with van der Waals surface area (Å²) in [6, 6.07) is 4.07. The molecule has 0 fully saturated rings. The lowest BCUT2D eigenvalue weighted by Gasteiger charge is -2.16. The SMILES string of the molecule is O=C(O)C1CCc2nc(-c3cccs3)sc2C1. The van der Waals surface area contributed by atoms with E-state index < -0.39 is 5.97 Å². The summed E-state index contributed by atoms with van der Waals surface area (Å²) in [5.74, 6) is -0.902. The number of aryl methyl sites for hydroxylation is 1. The van der Waals surface area contributed by atoms with Gasteiger partial charge in [0.05, 0.1) is 16.5 Å². The van der Waals surface area contributed by atoms with Crippen molar-refractivity contribution in [2.45, 2.75) is 19.3 Å². The van der Waals surface area contributed by atoms with Gasteiger partial charge in [-0.2, -0.15) is 0 Å². The second-order valence-corrected chi connectivity index (χ2v) is 6.18. The fraction of sp³-hybridized carbons (Fsp3) is 0.333. The highest BCUT2D eigenvalue weighted by atomic mass is 32.1. The summed E-state index contributed by atoms with van der Waals surface area (Å²) in [5, 5.41) is 12.1. The van der Waals surface area contributed by atoms with Crippen molar-refractivity contribution in [2.24, 2.45) is 5.92 Å². The Bertz CT molecular complexity index is 545. The first-order chi connectivity index (χ1) is 8.24. The number of aliphatic carboxylic acids is 1. The van der Waals surface area contributed by atoms with E-state index in [9.17, 15) is 4.79 Å². The maximum atomic E-state index is 11.0. The van der Waals surface area contributed by atoms with Crippen LogP contribution in [-0.2, 0) is 17.6 Å². The van der Waals surface area contributed by atoms with Crippen LogP contribution in [0.1, 0.15) is 17.0 Å². The molecule has 0 radical (unpaired) electrons. The number of carbonyl (C=O) groups is 1. The van der Waals surface area contributed by atoms with E-state index in [2.05, 4.69) is 11.1 Å². The zero-order valence-electron chi connectivity index (χ0n) is 9.05. The van der Waals surface area contributed by atoms with Gasteiger partial charge in [-0.05, 0) is 30.7 Å². The van der Waals surface area contributed by atoms with Gasteiger partial charge < -0.3 is 5.11 Å². The van der Waals surface area contributed by atoms with Gasteiger partial charge in [-0.1, -0.05) is 6.07 Å². The molecule has 1 unspecified atom stereocenters. The van der Waals surface area contributed by atoms with E-state index in [-0.39, 0.29) is 5.92 Å². The number of fused-ring (bicyclic) bond motifs is 1. The van der Waals surface area contributed by atoms with Crippen molar-refractivity contribution in [1.29, 1.82) is 0 Å². The Morgan fingerprint density at radius 1 is 1.53 bits per heavy atom. The van der Waals surface area contributed by atoms with E-state index in [0.29, 0.717) is 6.42 Å². The van der Waals surface area contributed by atoms with Gasteiger partial charge in [-0.3, -0.25) is 4.79 Å². The summed E-state index contributed by atoms with van der Waals surface area (Å²) >= 11 is 3.33. The number of thiazole rings is 1. The number of thiophene rings is 1. The van der Waals surface area contributed by atoms with Crippen molar-refractivity contribution in [3.63, 3.8) is 0 Å². The first kappa shape index (κ1) is 10.9. The molecular weight excluding hydrogens is 254 g/mol. The lowest BCUT2D eigenvalue weighted by molar-refractivity contribution is -0.142. The molecule has 1 aliphatic rings. The molecule has 1 N–H and O–H groups in total. The van der Waals surface area contributed by atoms with E-state index in [1.807, 2.05) is 11.4 Å². The first-order valence-electron chi connectivity index (χ1n) is 5.49. The maximum Gasteiger partial charge on any atom is 0.306 e. The minimum absolute atomic E-state index is 0.223. The van der Waals surface area contributed by atoms with Crippen LogP contribution in [0.5, 0.6) is 0 Å². The number of hydrogen-bond acceptors (Lipinski definition) is 4. The maximum absolute atomic E-state index is 11.0. The van der Waals surface area contributed by atoms with Crippen LogP contribution >= 0.6 is 22.7 Å². The van der Waals surface area contributed by atoms with Crippen LogP contribution in [0.3, 0.4) is 0 Å². The standard InChI is InChI=1S/C12H11NO2S2/c14-12(15)7-3-4-8-10(6-7)17-11(13-8)9-2-1-5-16-9/h1-2,5,7H,3-4,6H2,(H,14,15). The highest BCUT2D eigenvalue weighted by Crippen LogP contribution is 2.36. The Kier molecular flexibility index (Phi) is 2.72. The molecule has 2 aromatic rings. The smallest absolute Gasteiger partial charge is 0.306 e. The number of hydrogen-bond donors (Lipinski definition) is 1. The highest BCUT2D eigenvalue weighted by molar-refractivity contribution is 7.21. The monoisotopic (exact) mass is 265 g/mol. The Hall–Kier alpha value is -1.20. The van der Waals surface area contributed by atoms with E-state index in [0.717, 1.165) is 28.4 Å². The van der Waals surface area contributed by atoms with Gasteiger partial charge in [0, 0.05) is 4.88 Å². The highest BCUT2D eigenvalue weighted by Gasteiger charge is 2.27. The average molecular weight is 265 g/mol. The quantitative estimate of drug-likeness (QED) is 0.908. The fourth-order valence-corrected chi connectivity index (χ4v) is 4.08. The third-order valence-electron chi connectivity index (χ3n) is 3.02. The van der Waals surface area contributed by atoms with Gasteiger partial charge in [0.2, 0.25) is 0 Å². The molecule has 0 amide bonds. The van der Waals surface area contributed by atoms with E-state index in [4.69, 9.17) is 5.11 Å². The molecule has 0 aliphatic heterocycles. The Morgan fingerprint density at radius 3 is 3.12 bits per heavy atom. The van der Waals surface area contributed by atoms with Gasteiger partial charge in [0.1, 0.15) is 5.01 Å². The van der Waals surface area contributed by atoms with Crippen LogP contribution < -0.4 is 0 Å². The second-order valence-electron chi connectivity index (χ2n) is 4.14. The molecule has 1 atom stereocenters. The zero-order valence-corrected chi connectivity index (χ0v) is 10.7. The van der Waals surface area contributed by atoms with Crippen LogP contribution in [0.2, 0.25) is 0 Å². The molecule has 3 rings (SSSR count). The lowest BCUT2D eigenvalue weighted by Crippen LogP contribution is -2.21. The van der Waals surface area contributed by atoms with Crippen molar-refractivity contribution in [3.8, 4) is 9.88 Å². The second kappa shape index (κ2) is 4.23. The largest absolute Gasteiger partial charge is 0.481 e. The summed E-state index contributed by atoms with van der Waals surface area (Å²) in [6.07, 6.45) is 2.16. The molecule has 0 saturated heterocycles. The number of aromatic nitrogens is 1. The van der Waals surface area contributed by atoms with Gasteiger partial charge in [0.25, 0.3) is 0 Å². The third kappa shape index (κ3) is 2.00. The molecule has 2 aromatic heterocycles. The number of rotatable bonds is 2. The Labute approximate surface area is 107 Å². The summed E-state index contributed by atoms with van der Waals surface area (Å²) in [7, 11) is 0. The summed E-state index contributed by atoms with van der Waals surface area (Å²) in [4.78, 5) is 17.9. The van der Waals surface area contributed by atoms with E-state index in [1.54, 1.807) is 22.7 Å². The molecule has 1 aliphatic carbocycles. The summed E-state index contributed by atoms with van der Waals surface area (Å²) in [6.45, 7) is 0. The average Bonchev–Trinajstić information content (AvgIpc) is 2.96. The Morgan fingerprint density at radius 2 is 2.41 bits per heavy atom. The fourth-order valence-electron chi connectivity index (χ4n) is 2.09. The van der Waals surface area contributed by atoms with E-state index >= 15 is 0 Å². The molecule has 88 valence electrons. The van der Waals surface area contributed by atoms with Gasteiger partial charge >= 0.3 is 5.97 Å². The van der Waals surface area contributed by atoms with Gasteiger partial charge in [0.15, 0.2) is 0 Å². The van der Waals surface area contributed by atoms with Crippen LogP contribution in [-0.4, -0.2) is 16.1 Å². The molecule has 3 nitrogen and oxygen atoms in total. The van der Waals surface area contributed by atoms with Crippen molar-refractivity contribution < 1.29 is 9.90 Å². The van der Waals surface area contributed by atoms with Gasteiger partial charge in [-0.15, -0.1) is 22.7 Å². The van der Waals surface area contributed by atoms with E-state index in [1.165, 1.54) is 4.88 Å². The van der Waals surface area contributed by atoms with Crippen LogP contribution in [0.15, 0.2) is 17.5 Å². The topological polar surface area (TPSA) is 50.2 Å². The van der Waals surface area contributed by atoms with Crippen molar-refractivity contribution >= 4 is 28.6 Å². The van der Waals surface area contributed by atoms with Crippen molar-refractivity contribution in [3.05, 3.63) is 28.1 Å². The third-order valence-corrected chi connectivity index (χ3v) is 5.18. The molecule has 0 aromatic carbocycles. The predicted octanol–water partition coefficient (Wildman–Crippen LogP) is 3.06. The molecular formula is C12H11NO2S2. The zero-order chi connectivity index (χ0) is 11.8. The molecule has 5 heteroatoms. The number of carboxylic acid groups (broad SMARTS) is 1. The minimum Gasteiger partial charge on any atom is -0.481 e. The van der Waals surface area contributed by atoms with Crippen LogP contribution in [0.25, 0.3) is 9.88 Å². The van der Waals surface area contributed by atoms with Crippen LogP contribution in [0, 0.1) is 5.92 Å². The Balaban J connectivity index is 1.92. The van der Waals surface area contributed by atoms with Crippen molar-refractivity contribution in [1.82, 2.24) is 4.98 Å². The van der Waals surface area contributed by atoms with Gasteiger partial charge in [-0.25, -0.2) is 4.98 Å². The molecule has 0 bridgehead atoms. The molecule has 17 heavy (non-hydrogen) atoms. The van der Waals surface area contributed by atoms with Crippen molar-refractivity contribution in [2.75, 3.05) is 0 Å². The number of carboxylic acids is 1. The first-order valence-corrected chi connectivity index (χ1v) is 7.19. The molecule has 0 spiro atoms. The lowest BCUT2D eigenvalue weighted by atomic mass is 9.91. The minimum atomic E-state index is -0.679. The predicted molar refractivity (Wildman–Crippen MR) is 68.6 cm³/mol. The summed E-state index contributed by atoms with van der Waals surface area (Å²) in [5.41, 5.74) is 1.11. The summed E-state index contributed by atoms with van der Waals surface area (Å²) < 4.78 is 0. The molecule has 0 saturated carbocycles. The normalized spacial score (nSPS) is 18.9. The van der Waals surface area contributed by atoms with Crippen LogP contribution in [0.4, 0.5) is 0 Å². The molecule has 2 heterocycles. The number of nitrogens with zero attached hydrogens (tertiary/aromatic N) is 1.